The van der Waals surface area contributed by atoms with E-state index in [0.717, 1.165) is 21.9 Å². The predicted octanol–water partition coefficient (Wildman–Crippen LogP) is 16.7. The summed E-state index contributed by atoms with van der Waals surface area (Å²) in [6.07, 6.45) is 0. The van der Waals surface area contributed by atoms with Crippen molar-refractivity contribution in [3.05, 3.63) is 193 Å². The zero-order chi connectivity index (χ0) is 39.0. The van der Waals surface area contributed by atoms with E-state index >= 15 is 0 Å². The van der Waals surface area contributed by atoms with Crippen LogP contribution in [0.15, 0.2) is 186 Å². The van der Waals surface area contributed by atoms with E-state index in [2.05, 4.69) is 196 Å². The molecule has 2 heteroatoms. The summed E-state index contributed by atoms with van der Waals surface area (Å²) >= 11 is 1.87. The Morgan fingerprint density at radius 2 is 0.881 bits per heavy atom. The van der Waals surface area contributed by atoms with Crippen LogP contribution in [0.2, 0.25) is 0 Å². The summed E-state index contributed by atoms with van der Waals surface area (Å²) in [6.45, 7) is 4.74. The fourth-order valence-electron chi connectivity index (χ4n) is 10.5. The topological polar surface area (TPSA) is 13.1 Å². The Morgan fingerprint density at radius 3 is 1.58 bits per heavy atom. The van der Waals surface area contributed by atoms with Gasteiger partial charge in [0.25, 0.3) is 0 Å². The van der Waals surface area contributed by atoms with Crippen LogP contribution in [0.4, 0.5) is 0 Å². The maximum absolute atomic E-state index is 6.53. The molecule has 10 aromatic carbocycles. The number of hydrogen-bond donors (Lipinski definition) is 0. The summed E-state index contributed by atoms with van der Waals surface area (Å²) < 4.78 is 9.19. The largest absolute Gasteiger partial charge is 0.456 e. The molecule has 0 amide bonds. The molecule has 2 aromatic heterocycles. The van der Waals surface area contributed by atoms with Gasteiger partial charge in [0.2, 0.25) is 0 Å². The number of fused-ring (bicyclic) bond motifs is 13. The van der Waals surface area contributed by atoms with Crippen LogP contribution in [0.25, 0.3) is 119 Å². The molecule has 1 nitrogen and oxygen atoms in total. The van der Waals surface area contributed by atoms with Crippen molar-refractivity contribution >= 4 is 85.8 Å². The standard InChI is InChI=1S/C57H36OS/c1-57(2)49-25-20-34(29-45(49)44-24-19-33-11-3-4-12-38(33)56(44)57)35-21-26-50-46(30-35)47-31-36(22-27-51(47)58-50)54-40-14-5-7-16-42(40)55(43-17-8-6-15-41(43)54)37-23-28-53-48(32-37)39-13-9-10-18-52(39)59-53/h3-32H,1-2H3. The zero-order valence-corrected chi connectivity index (χ0v) is 33.5. The van der Waals surface area contributed by atoms with Gasteiger partial charge in [0.1, 0.15) is 11.2 Å². The summed E-state index contributed by atoms with van der Waals surface area (Å²) in [7, 11) is 0. The van der Waals surface area contributed by atoms with Gasteiger partial charge in [-0.2, -0.15) is 0 Å². The lowest BCUT2D eigenvalue weighted by molar-refractivity contribution is 0.666. The third-order valence-corrected chi connectivity index (χ3v) is 14.4. The SMILES string of the molecule is CC1(C)c2ccc(-c3ccc4oc5ccc(-c6c7ccccc7c(-c7ccc8sc9ccccc9c8c7)c7ccccc67)cc5c4c3)cc2-c2ccc3ccccc3c21. The molecule has 0 saturated carbocycles. The van der Waals surface area contributed by atoms with Crippen molar-refractivity contribution in [3.8, 4) is 44.5 Å². The highest BCUT2D eigenvalue weighted by atomic mass is 32.1. The molecule has 0 unspecified atom stereocenters. The van der Waals surface area contributed by atoms with Crippen LogP contribution >= 0.6 is 11.3 Å². The average molecular weight is 769 g/mol. The molecule has 0 radical (unpaired) electrons. The van der Waals surface area contributed by atoms with E-state index in [1.807, 2.05) is 11.3 Å². The summed E-state index contributed by atoms with van der Waals surface area (Å²) in [4.78, 5) is 0. The Kier molecular flexibility index (Phi) is 6.73. The van der Waals surface area contributed by atoms with E-state index in [4.69, 9.17) is 4.42 Å². The van der Waals surface area contributed by atoms with Gasteiger partial charge in [-0.25, -0.2) is 0 Å². The van der Waals surface area contributed by atoms with Crippen LogP contribution in [-0.4, -0.2) is 0 Å². The third kappa shape index (κ3) is 4.67. The molecule has 59 heavy (non-hydrogen) atoms. The lowest BCUT2D eigenvalue weighted by atomic mass is 9.80. The van der Waals surface area contributed by atoms with E-state index in [-0.39, 0.29) is 5.41 Å². The minimum atomic E-state index is -0.0791. The molecule has 1 aliphatic rings. The molecule has 2 heterocycles. The molecule has 276 valence electrons. The van der Waals surface area contributed by atoms with Gasteiger partial charge >= 0.3 is 0 Å². The first-order valence-corrected chi connectivity index (χ1v) is 21.3. The molecule has 0 spiro atoms. The molecule has 13 rings (SSSR count). The average Bonchev–Trinajstić information content (AvgIpc) is 3.91. The second-order valence-corrected chi connectivity index (χ2v) is 17.9. The molecule has 0 fully saturated rings. The van der Waals surface area contributed by atoms with Crippen molar-refractivity contribution in [2.24, 2.45) is 0 Å². The van der Waals surface area contributed by atoms with Gasteiger partial charge in [-0.3, -0.25) is 0 Å². The van der Waals surface area contributed by atoms with Crippen LogP contribution in [0.3, 0.4) is 0 Å². The Morgan fingerprint density at radius 1 is 0.373 bits per heavy atom. The molecule has 0 atom stereocenters. The minimum absolute atomic E-state index is 0.0791. The number of furan rings is 1. The second-order valence-electron chi connectivity index (χ2n) is 16.8. The van der Waals surface area contributed by atoms with Crippen LogP contribution < -0.4 is 0 Å². The normalized spacial score (nSPS) is 13.4. The van der Waals surface area contributed by atoms with Gasteiger partial charge in [-0.1, -0.05) is 147 Å². The molecular weight excluding hydrogens is 733 g/mol. The first-order chi connectivity index (χ1) is 29.0. The molecular formula is C57H36OS. The van der Waals surface area contributed by atoms with Crippen molar-refractivity contribution in [2.75, 3.05) is 0 Å². The van der Waals surface area contributed by atoms with Gasteiger partial charge in [-0.15, -0.1) is 11.3 Å². The van der Waals surface area contributed by atoms with Gasteiger partial charge in [-0.05, 0) is 136 Å². The number of hydrogen-bond acceptors (Lipinski definition) is 2. The Hall–Kier alpha value is -7.00. The summed E-state index contributed by atoms with van der Waals surface area (Å²) in [5.74, 6) is 0. The second kappa shape index (κ2) is 12.0. The van der Waals surface area contributed by atoms with Crippen LogP contribution in [0.1, 0.15) is 25.0 Å². The molecule has 0 aliphatic heterocycles. The van der Waals surface area contributed by atoms with E-state index in [1.54, 1.807) is 0 Å². The highest BCUT2D eigenvalue weighted by Gasteiger charge is 2.37. The van der Waals surface area contributed by atoms with Gasteiger partial charge < -0.3 is 4.42 Å². The Bertz CT molecular complexity index is 3710. The smallest absolute Gasteiger partial charge is 0.135 e. The highest BCUT2D eigenvalue weighted by Crippen LogP contribution is 2.52. The third-order valence-electron chi connectivity index (χ3n) is 13.2. The van der Waals surface area contributed by atoms with Crippen molar-refractivity contribution in [2.45, 2.75) is 19.3 Å². The van der Waals surface area contributed by atoms with Crippen molar-refractivity contribution < 1.29 is 4.42 Å². The van der Waals surface area contributed by atoms with Crippen LogP contribution in [0, 0.1) is 0 Å². The fourth-order valence-corrected chi connectivity index (χ4v) is 11.6. The van der Waals surface area contributed by atoms with Crippen molar-refractivity contribution in [1.29, 1.82) is 0 Å². The van der Waals surface area contributed by atoms with Crippen molar-refractivity contribution in [1.82, 2.24) is 0 Å². The first kappa shape index (κ1) is 33.0. The molecule has 0 bridgehead atoms. The molecule has 12 aromatic rings. The lowest BCUT2D eigenvalue weighted by Crippen LogP contribution is -2.15. The van der Waals surface area contributed by atoms with E-state index in [9.17, 15) is 0 Å². The van der Waals surface area contributed by atoms with Crippen LogP contribution in [-0.2, 0) is 5.41 Å². The van der Waals surface area contributed by atoms with Crippen molar-refractivity contribution in [3.63, 3.8) is 0 Å². The monoisotopic (exact) mass is 768 g/mol. The molecule has 1 aliphatic carbocycles. The zero-order valence-electron chi connectivity index (χ0n) is 32.6. The quantitative estimate of drug-likeness (QED) is 0.163. The maximum atomic E-state index is 6.53. The van der Waals surface area contributed by atoms with Gasteiger partial charge in [0, 0.05) is 36.4 Å². The summed E-state index contributed by atoms with van der Waals surface area (Å²) in [5, 5.41) is 12.6. The summed E-state index contributed by atoms with van der Waals surface area (Å²) in [6, 6.07) is 67.6. The highest BCUT2D eigenvalue weighted by molar-refractivity contribution is 7.25. The molecule has 0 saturated heterocycles. The number of rotatable bonds is 3. The van der Waals surface area contributed by atoms with E-state index in [1.165, 1.54) is 108 Å². The van der Waals surface area contributed by atoms with E-state index < -0.39 is 0 Å². The number of thiophene rings is 1. The van der Waals surface area contributed by atoms with Crippen LogP contribution in [0.5, 0.6) is 0 Å². The van der Waals surface area contributed by atoms with Gasteiger partial charge in [0.05, 0.1) is 0 Å². The van der Waals surface area contributed by atoms with E-state index in [0.29, 0.717) is 0 Å². The number of benzene rings is 10. The predicted molar refractivity (Wildman–Crippen MR) is 253 cm³/mol. The fraction of sp³-hybridized carbons (Fsp3) is 0.0526. The van der Waals surface area contributed by atoms with Gasteiger partial charge in [0.15, 0.2) is 0 Å². The first-order valence-electron chi connectivity index (χ1n) is 20.5. The Balaban J connectivity index is 0.980. The Labute approximate surface area is 345 Å². The minimum Gasteiger partial charge on any atom is -0.456 e. The molecule has 0 N–H and O–H groups in total. The summed E-state index contributed by atoms with van der Waals surface area (Å²) in [5.41, 5.74) is 14.6. The maximum Gasteiger partial charge on any atom is 0.135 e. The lowest BCUT2D eigenvalue weighted by Gasteiger charge is -2.23.